The SMILES string of the molecule is C[C@@H]1C[C@H](C)CN(c2nnc(S[C@H](C)C(=O)N3CC(=O)Nc4ccccc43)n2Cc2ccco2)C1. The number of nitrogens with one attached hydrogen (secondary N) is 1. The van der Waals surface area contributed by atoms with Crippen molar-refractivity contribution in [3.05, 3.63) is 48.4 Å². The number of benzene rings is 1. The number of carbonyl (C=O) groups excluding carboxylic acids is 2. The molecule has 2 aromatic heterocycles. The van der Waals surface area contributed by atoms with Gasteiger partial charge in [-0.05, 0) is 49.4 Å². The first-order valence-electron chi connectivity index (χ1n) is 12.0. The number of fused-ring (bicyclic) bond motifs is 1. The number of nitrogens with zero attached hydrogens (tertiary/aromatic N) is 5. The minimum Gasteiger partial charge on any atom is -0.467 e. The van der Waals surface area contributed by atoms with Gasteiger partial charge in [0.25, 0.3) is 0 Å². The molecule has 3 aromatic rings. The number of piperidine rings is 1. The summed E-state index contributed by atoms with van der Waals surface area (Å²) in [6, 6.07) is 11.1. The highest BCUT2D eigenvalue weighted by Gasteiger charge is 2.32. The normalized spacial score (nSPS) is 20.9. The van der Waals surface area contributed by atoms with Gasteiger partial charge in [0.1, 0.15) is 12.3 Å². The number of carbonyl (C=O) groups is 2. The van der Waals surface area contributed by atoms with E-state index < -0.39 is 5.25 Å². The first kappa shape index (κ1) is 23.5. The Kier molecular flexibility index (Phi) is 6.55. The third-order valence-electron chi connectivity index (χ3n) is 6.41. The van der Waals surface area contributed by atoms with Crippen LogP contribution >= 0.6 is 11.8 Å². The summed E-state index contributed by atoms with van der Waals surface area (Å²) in [5.74, 6) is 2.37. The van der Waals surface area contributed by atoms with Crippen molar-refractivity contribution in [3.8, 4) is 0 Å². The van der Waals surface area contributed by atoms with Crippen molar-refractivity contribution in [2.45, 2.75) is 44.1 Å². The van der Waals surface area contributed by atoms with E-state index in [4.69, 9.17) is 4.42 Å². The van der Waals surface area contributed by atoms with Crippen LogP contribution in [-0.4, -0.2) is 51.5 Å². The number of hydrogen-bond donors (Lipinski definition) is 1. The molecule has 9 nitrogen and oxygen atoms in total. The van der Waals surface area contributed by atoms with E-state index in [1.807, 2.05) is 41.8 Å². The molecule has 1 aromatic carbocycles. The van der Waals surface area contributed by atoms with Crippen LogP contribution in [0.5, 0.6) is 0 Å². The Labute approximate surface area is 208 Å². The molecule has 5 rings (SSSR count). The molecule has 0 spiro atoms. The number of para-hydroxylation sites is 2. The minimum absolute atomic E-state index is 0.00532. The van der Waals surface area contributed by atoms with Gasteiger partial charge < -0.3 is 14.6 Å². The summed E-state index contributed by atoms with van der Waals surface area (Å²) in [7, 11) is 0. The van der Waals surface area contributed by atoms with Gasteiger partial charge in [0.15, 0.2) is 5.16 Å². The molecule has 10 heteroatoms. The second kappa shape index (κ2) is 9.77. The summed E-state index contributed by atoms with van der Waals surface area (Å²) in [6.45, 7) is 8.68. The molecule has 0 bridgehead atoms. The topological polar surface area (TPSA) is 96.5 Å². The molecule has 4 heterocycles. The molecule has 2 amide bonds. The Bertz CT molecular complexity index is 1200. The number of anilines is 3. The van der Waals surface area contributed by atoms with E-state index in [2.05, 4.69) is 34.3 Å². The van der Waals surface area contributed by atoms with Crippen molar-refractivity contribution in [1.29, 1.82) is 0 Å². The lowest BCUT2D eigenvalue weighted by molar-refractivity contribution is -0.121. The molecule has 3 atom stereocenters. The maximum absolute atomic E-state index is 13.5. The predicted molar refractivity (Wildman–Crippen MR) is 136 cm³/mol. The molecule has 184 valence electrons. The number of hydrogen-bond acceptors (Lipinski definition) is 7. The number of rotatable bonds is 6. The lowest BCUT2D eigenvalue weighted by atomic mass is 9.92. The zero-order chi connectivity index (χ0) is 24.5. The Hall–Kier alpha value is -3.27. The Morgan fingerprint density at radius 3 is 2.69 bits per heavy atom. The minimum atomic E-state index is -0.472. The molecule has 0 saturated carbocycles. The fraction of sp³-hybridized carbons (Fsp3) is 0.440. The van der Waals surface area contributed by atoms with Crippen molar-refractivity contribution in [1.82, 2.24) is 14.8 Å². The van der Waals surface area contributed by atoms with E-state index in [9.17, 15) is 9.59 Å². The van der Waals surface area contributed by atoms with Crippen molar-refractivity contribution in [2.24, 2.45) is 11.8 Å². The molecule has 0 unspecified atom stereocenters. The highest BCUT2D eigenvalue weighted by atomic mass is 32.2. The lowest BCUT2D eigenvalue weighted by Gasteiger charge is -2.35. The lowest BCUT2D eigenvalue weighted by Crippen LogP contribution is -2.45. The molecule has 1 saturated heterocycles. The molecule has 0 radical (unpaired) electrons. The van der Waals surface area contributed by atoms with Crippen LogP contribution in [0.2, 0.25) is 0 Å². The summed E-state index contributed by atoms with van der Waals surface area (Å²) < 4.78 is 7.66. The highest BCUT2D eigenvalue weighted by molar-refractivity contribution is 8.00. The van der Waals surface area contributed by atoms with Gasteiger partial charge in [-0.1, -0.05) is 37.7 Å². The average molecular weight is 495 g/mol. The second-order valence-electron chi connectivity index (χ2n) is 9.55. The van der Waals surface area contributed by atoms with E-state index in [0.29, 0.717) is 34.9 Å². The molecule has 1 fully saturated rings. The second-order valence-corrected chi connectivity index (χ2v) is 10.9. The maximum Gasteiger partial charge on any atom is 0.244 e. The molecule has 0 aliphatic carbocycles. The van der Waals surface area contributed by atoms with Gasteiger partial charge in [-0.15, -0.1) is 10.2 Å². The summed E-state index contributed by atoms with van der Waals surface area (Å²) >= 11 is 1.35. The van der Waals surface area contributed by atoms with E-state index in [-0.39, 0.29) is 18.4 Å². The third kappa shape index (κ3) is 4.93. The van der Waals surface area contributed by atoms with Gasteiger partial charge in [-0.2, -0.15) is 0 Å². The van der Waals surface area contributed by atoms with E-state index in [1.165, 1.54) is 18.2 Å². The molecule has 35 heavy (non-hydrogen) atoms. The average Bonchev–Trinajstić information content (AvgIpc) is 3.48. The van der Waals surface area contributed by atoms with Crippen LogP contribution in [-0.2, 0) is 16.1 Å². The zero-order valence-electron chi connectivity index (χ0n) is 20.2. The van der Waals surface area contributed by atoms with Crippen LogP contribution in [0.4, 0.5) is 17.3 Å². The first-order valence-corrected chi connectivity index (χ1v) is 12.8. The van der Waals surface area contributed by atoms with Crippen LogP contribution in [0, 0.1) is 11.8 Å². The third-order valence-corrected chi connectivity index (χ3v) is 7.48. The van der Waals surface area contributed by atoms with Crippen molar-refractivity contribution >= 4 is 40.9 Å². The standard InChI is InChI=1S/C25H30N6O3S/c1-16-11-17(2)13-29(12-16)24-27-28-25(31(24)14-19-7-6-10-34-19)35-18(3)23(33)30-15-22(32)26-20-8-4-5-9-21(20)30/h4-10,16-18H,11-15H2,1-3H3,(H,26,32)/t16-,17+,18-/m1/s1. The van der Waals surface area contributed by atoms with E-state index >= 15 is 0 Å². The van der Waals surface area contributed by atoms with Crippen LogP contribution in [0.1, 0.15) is 33.0 Å². The van der Waals surface area contributed by atoms with Crippen molar-refractivity contribution < 1.29 is 14.0 Å². The highest BCUT2D eigenvalue weighted by Crippen LogP contribution is 2.34. The van der Waals surface area contributed by atoms with Crippen LogP contribution in [0.15, 0.2) is 52.2 Å². The summed E-state index contributed by atoms with van der Waals surface area (Å²) in [6.07, 6.45) is 2.85. The summed E-state index contributed by atoms with van der Waals surface area (Å²) in [5.41, 5.74) is 1.35. The van der Waals surface area contributed by atoms with E-state index in [1.54, 1.807) is 17.2 Å². The predicted octanol–water partition coefficient (Wildman–Crippen LogP) is 3.87. The smallest absolute Gasteiger partial charge is 0.244 e. The van der Waals surface area contributed by atoms with Crippen LogP contribution in [0.25, 0.3) is 0 Å². The van der Waals surface area contributed by atoms with Gasteiger partial charge in [0.05, 0.1) is 29.4 Å². The number of furan rings is 1. The van der Waals surface area contributed by atoms with Gasteiger partial charge in [0.2, 0.25) is 17.8 Å². The maximum atomic E-state index is 13.5. The summed E-state index contributed by atoms with van der Waals surface area (Å²) in [4.78, 5) is 29.5. The molecule has 2 aliphatic heterocycles. The molecule has 2 aliphatic rings. The van der Waals surface area contributed by atoms with E-state index in [0.717, 1.165) is 24.8 Å². The Balaban J connectivity index is 1.41. The van der Waals surface area contributed by atoms with Gasteiger partial charge >= 0.3 is 0 Å². The van der Waals surface area contributed by atoms with Gasteiger partial charge in [-0.25, -0.2) is 0 Å². The van der Waals surface area contributed by atoms with Crippen molar-refractivity contribution in [3.63, 3.8) is 0 Å². The number of thioether (sulfide) groups is 1. The molecular formula is C25H30N6O3S. The summed E-state index contributed by atoms with van der Waals surface area (Å²) in [5, 5.41) is 12.1. The Morgan fingerprint density at radius 1 is 1.17 bits per heavy atom. The number of aromatic nitrogens is 3. The quantitative estimate of drug-likeness (QED) is 0.520. The van der Waals surface area contributed by atoms with Gasteiger partial charge in [0, 0.05) is 13.1 Å². The first-order chi connectivity index (χ1) is 16.9. The van der Waals surface area contributed by atoms with Crippen LogP contribution in [0.3, 0.4) is 0 Å². The molecule has 1 N–H and O–H groups in total. The van der Waals surface area contributed by atoms with Gasteiger partial charge in [-0.3, -0.25) is 19.1 Å². The van der Waals surface area contributed by atoms with Crippen LogP contribution < -0.4 is 15.1 Å². The monoisotopic (exact) mass is 494 g/mol. The Morgan fingerprint density at radius 2 is 1.94 bits per heavy atom. The zero-order valence-corrected chi connectivity index (χ0v) is 21.0. The fourth-order valence-electron chi connectivity index (χ4n) is 4.98. The number of amides is 2. The van der Waals surface area contributed by atoms with Crippen molar-refractivity contribution in [2.75, 3.05) is 34.8 Å². The fourth-order valence-corrected chi connectivity index (χ4v) is 5.89. The molecular weight excluding hydrogens is 464 g/mol. The largest absolute Gasteiger partial charge is 0.467 e.